The standard InChI is InChI=1S/C11H17N3O3/c1-4-7(3)10(15)14-8-6-12-9(13-8)11(16)17-5-2/h6-7H,4-5H2,1-3H3,(H,12,13)(H,14,15)/t7-/m0/s1. The zero-order chi connectivity index (χ0) is 12.8. The first kappa shape index (κ1) is 13.2. The summed E-state index contributed by atoms with van der Waals surface area (Å²) in [5, 5.41) is 2.65. The highest BCUT2D eigenvalue weighted by molar-refractivity contribution is 5.92. The largest absolute Gasteiger partial charge is 0.460 e. The van der Waals surface area contributed by atoms with Crippen LogP contribution in [0, 0.1) is 5.92 Å². The topological polar surface area (TPSA) is 84.1 Å². The molecular weight excluding hydrogens is 222 g/mol. The van der Waals surface area contributed by atoms with E-state index in [0.717, 1.165) is 6.42 Å². The van der Waals surface area contributed by atoms with Gasteiger partial charge in [-0.2, -0.15) is 0 Å². The van der Waals surface area contributed by atoms with Gasteiger partial charge in [-0.25, -0.2) is 9.78 Å². The molecule has 6 heteroatoms. The van der Waals surface area contributed by atoms with Gasteiger partial charge in [0.2, 0.25) is 11.7 Å². The van der Waals surface area contributed by atoms with Crippen molar-refractivity contribution in [3.8, 4) is 0 Å². The molecule has 1 heterocycles. The van der Waals surface area contributed by atoms with Gasteiger partial charge in [-0.05, 0) is 13.3 Å². The molecular formula is C11H17N3O3. The fourth-order valence-electron chi connectivity index (χ4n) is 1.13. The lowest BCUT2D eigenvalue weighted by Gasteiger charge is -2.07. The number of carbonyl (C=O) groups is 2. The van der Waals surface area contributed by atoms with E-state index < -0.39 is 5.97 Å². The van der Waals surface area contributed by atoms with Gasteiger partial charge < -0.3 is 15.0 Å². The van der Waals surface area contributed by atoms with E-state index in [9.17, 15) is 9.59 Å². The fourth-order valence-corrected chi connectivity index (χ4v) is 1.13. The second-order valence-corrected chi connectivity index (χ2v) is 3.66. The highest BCUT2D eigenvalue weighted by Gasteiger charge is 2.14. The Kier molecular flexibility index (Phi) is 4.68. The molecule has 0 fully saturated rings. The third-order valence-electron chi connectivity index (χ3n) is 2.36. The molecule has 0 aliphatic rings. The number of hydrogen-bond acceptors (Lipinski definition) is 4. The zero-order valence-corrected chi connectivity index (χ0v) is 10.2. The monoisotopic (exact) mass is 239 g/mol. The van der Waals surface area contributed by atoms with Crippen molar-refractivity contribution < 1.29 is 14.3 Å². The summed E-state index contributed by atoms with van der Waals surface area (Å²) in [6.45, 7) is 5.76. The van der Waals surface area contributed by atoms with Crippen molar-refractivity contribution in [1.29, 1.82) is 0 Å². The number of amides is 1. The maximum atomic E-state index is 11.6. The molecule has 1 rings (SSSR count). The minimum absolute atomic E-state index is 0.0793. The Hall–Kier alpha value is -1.85. The van der Waals surface area contributed by atoms with Gasteiger partial charge in [-0.1, -0.05) is 13.8 Å². The molecule has 0 spiro atoms. The minimum Gasteiger partial charge on any atom is -0.460 e. The van der Waals surface area contributed by atoms with Crippen LogP contribution in [0.3, 0.4) is 0 Å². The van der Waals surface area contributed by atoms with Crippen LogP contribution in [0.2, 0.25) is 0 Å². The van der Waals surface area contributed by atoms with E-state index in [1.54, 1.807) is 6.92 Å². The molecule has 1 amide bonds. The Morgan fingerprint density at radius 3 is 2.82 bits per heavy atom. The van der Waals surface area contributed by atoms with Crippen LogP contribution in [-0.4, -0.2) is 28.5 Å². The van der Waals surface area contributed by atoms with Gasteiger partial charge in [0, 0.05) is 5.92 Å². The number of aromatic amines is 1. The molecule has 0 bridgehead atoms. The van der Waals surface area contributed by atoms with Crippen LogP contribution in [-0.2, 0) is 9.53 Å². The third kappa shape index (κ3) is 3.58. The third-order valence-corrected chi connectivity index (χ3v) is 2.36. The van der Waals surface area contributed by atoms with Gasteiger partial charge in [0.05, 0.1) is 12.8 Å². The predicted octanol–water partition coefficient (Wildman–Crippen LogP) is 1.57. The van der Waals surface area contributed by atoms with E-state index in [1.165, 1.54) is 6.20 Å². The van der Waals surface area contributed by atoms with Gasteiger partial charge >= 0.3 is 5.97 Å². The van der Waals surface area contributed by atoms with Crippen molar-refractivity contribution >= 4 is 17.7 Å². The maximum absolute atomic E-state index is 11.6. The molecule has 0 aliphatic carbocycles. The van der Waals surface area contributed by atoms with Crippen LogP contribution in [0.15, 0.2) is 6.20 Å². The fraction of sp³-hybridized carbons (Fsp3) is 0.545. The molecule has 2 N–H and O–H groups in total. The molecule has 17 heavy (non-hydrogen) atoms. The maximum Gasteiger partial charge on any atom is 0.374 e. The van der Waals surface area contributed by atoms with Gasteiger partial charge in [0.25, 0.3) is 0 Å². The van der Waals surface area contributed by atoms with Crippen LogP contribution in [0.25, 0.3) is 0 Å². The second kappa shape index (κ2) is 6.03. The van der Waals surface area contributed by atoms with Crippen molar-refractivity contribution in [3.63, 3.8) is 0 Å². The van der Waals surface area contributed by atoms with Crippen molar-refractivity contribution in [3.05, 3.63) is 12.0 Å². The number of H-pyrrole nitrogens is 1. The number of nitrogens with zero attached hydrogens (tertiary/aromatic N) is 1. The normalized spacial score (nSPS) is 11.9. The smallest absolute Gasteiger partial charge is 0.374 e. The minimum atomic E-state index is -0.531. The molecule has 0 aliphatic heterocycles. The summed E-state index contributed by atoms with van der Waals surface area (Å²) in [4.78, 5) is 29.4. The molecule has 1 atom stereocenters. The molecule has 6 nitrogen and oxygen atoms in total. The molecule has 0 unspecified atom stereocenters. The number of esters is 1. The second-order valence-electron chi connectivity index (χ2n) is 3.66. The molecule has 0 saturated carbocycles. The Balaban J connectivity index is 2.62. The number of nitrogens with one attached hydrogen (secondary N) is 2. The lowest BCUT2D eigenvalue weighted by Crippen LogP contribution is -2.19. The summed E-state index contributed by atoms with van der Waals surface area (Å²) in [6, 6.07) is 0. The predicted molar refractivity (Wildman–Crippen MR) is 62.6 cm³/mol. The van der Waals surface area contributed by atoms with Crippen molar-refractivity contribution in [2.45, 2.75) is 27.2 Å². The van der Waals surface area contributed by atoms with Crippen LogP contribution in [0.5, 0.6) is 0 Å². The van der Waals surface area contributed by atoms with E-state index in [0.29, 0.717) is 5.82 Å². The molecule has 0 aromatic carbocycles. The lowest BCUT2D eigenvalue weighted by atomic mass is 10.1. The van der Waals surface area contributed by atoms with E-state index >= 15 is 0 Å². The Bertz CT molecular complexity index is 400. The molecule has 1 aromatic heterocycles. The van der Waals surface area contributed by atoms with Crippen molar-refractivity contribution in [2.24, 2.45) is 5.92 Å². The van der Waals surface area contributed by atoms with Gasteiger partial charge in [0.1, 0.15) is 5.82 Å². The number of carbonyl (C=O) groups excluding carboxylic acids is 2. The molecule has 94 valence electrons. The van der Waals surface area contributed by atoms with Gasteiger partial charge in [-0.15, -0.1) is 0 Å². The summed E-state index contributed by atoms with van der Waals surface area (Å²) < 4.78 is 4.77. The molecule has 0 saturated heterocycles. The van der Waals surface area contributed by atoms with Crippen LogP contribution >= 0.6 is 0 Å². The quantitative estimate of drug-likeness (QED) is 0.764. The summed E-state index contributed by atoms with van der Waals surface area (Å²) in [6.07, 6.45) is 2.15. The number of rotatable bonds is 5. The number of imidazole rings is 1. The zero-order valence-electron chi connectivity index (χ0n) is 10.2. The number of hydrogen-bond donors (Lipinski definition) is 2. The molecule has 0 radical (unpaired) electrons. The molecule has 1 aromatic rings. The summed E-state index contributed by atoms with van der Waals surface area (Å²) in [5.41, 5.74) is 0. The average molecular weight is 239 g/mol. The van der Waals surface area contributed by atoms with Gasteiger partial charge in [-0.3, -0.25) is 4.79 Å². The highest BCUT2D eigenvalue weighted by Crippen LogP contribution is 2.08. The van der Waals surface area contributed by atoms with Crippen molar-refractivity contribution in [1.82, 2.24) is 9.97 Å². The number of ether oxygens (including phenoxy) is 1. The van der Waals surface area contributed by atoms with Crippen LogP contribution in [0.4, 0.5) is 5.82 Å². The van der Waals surface area contributed by atoms with E-state index in [-0.39, 0.29) is 24.3 Å². The van der Waals surface area contributed by atoms with Crippen LogP contribution < -0.4 is 5.32 Å². The number of anilines is 1. The Morgan fingerprint density at radius 1 is 1.53 bits per heavy atom. The van der Waals surface area contributed by atoms with Gasteiger partial charge in [0.15, 0.2) is 0 Å². The highest BCUT2D eigenvalue weighted by atomic mass is 16.5. The van der Waals surface area contributed by atoms with E-state index in [2.05, 4.69) is 15.3 Å². The summed E-state index contributed by atoms with van der Waals surface area (Å²) in [7, 11) is 0. The Labute approximate surface area is 99.8 Å². The van der Waals surface area contributed by atoms with E-state index in [4.69, 9.17) is 4.74 Å². The number of aromatic nitrogens is 2. The first-order valence-electron chi connectivity index (χ1n) is 5.61. The summed E-state index contributed by atoms with van der Waals surface area (Å²) >= 11 is 0. The van der Waals surface area contributed by atoms with E-state index in [1.807, 2.05) is 13.8 Å². The van der Waals surface area contributed by atoms with Crippen molar-refractivity contribution in [2.75, 3.05) is 11.9 Å². The first-order valence-corrected chi connectivity index (χ1v) is 5.61. The first-order chi connectivity index (χ1) is 8.08. The Morgan fingerprint density at radius 2 is 2.24 bits per heavy atom. The lowest BCUT2D eigenvalue weighted by molar-refractivity contribution is -0.119. The summed E-state index contributed by atoms with van der Waals surface area (Å²) in [5.74, 6) is -0.225. The average Bonchev–Trinajstić information content (AvgIpc) is 2.76. The SMILES string of the molecule is CCOC(=O)c1ncc(NC(=O)[C@@H](C)CC)[nH]1. The van der Waals surface area contributed by atoms with Crippen LogP contribution in [0.1, 0.15) is 37.8 Å².